The summed E-state index contributed by atoms with van der Waals surface area (Å²) in [7, 11) is 0. The zero-order chi connectivity index (χ0) is 11.5. The molecule has 1 heterocycles. The number of hydrogen-bond donors (Lipinski definition) is 1. The van der Waals surface area contributed by atoms with Gasteiger partial charge in [-0.15, -0.1) is 0 Å². The summed E-state index contributed by atoms with van der Waals surface area (Å²) in [5.41, 5.74) is 2.30. The topological polar surface area (TPSA) is 24.9 Å². The maximum absolute atomic E-state index is 4.38. The second kappa shape index (κ2) is 4.74. The van der Waals surface area contributed by atoms with Crippen molar-refractivity contribution in [3.05, 3.63) is 36.5 Å². The third-order valence-electron chi connectivity index (χ3n) is 3.70. The van der Waals surface area contributed by atoms with Crippen LogP contribution in [0.2, 0.25) is 0 Å². The van der Waals surface area contributed by atoms with E-state index in [1.165, 1.54) is 36.8 Å². The minimum Gasteiger partial charge on any atom is -0.384 e. The van der Waals surface area contributed by atoms with Crippen LogP contribution in [0.3, 0.4) is 0 Å². The van der Waals surface area contributed by atoms with Gasteiger partial charge in [-0.3, -0.25) is 4.98 Å². The summed E-state index contributed by atoms with van der Waals surface area (Å²) in [6.45, 7) is 1.11. The molecule has 1 aliphatic rings. The van der Waals surface area contributed by atoms with Crippen LogP contribution in [0.25, 0.3) is 10.9 Å². The van der Waals surface area contributed by atoms with Crippen molar-refractivity contribution >= 4 is 16.6 Å². The van der Waals surface area contributed by atoms with Crippen molar-refractivity contribution < 1.29 is 0 Å². The molecule has 88 valence electrons. The van der Waals surface area contributed by atoms with Gasteiger partial charge in [0.05, 0.1) is 5.52 Å². The van der Waals surface area contributed by atoms with Crippen LogP contribution in [-0.2, 0) is 0 Å². The van der Waals surface area contributed by atoms with Crippen LogP contribution in [-0.4, -0.2) is 11.5 Å². The molecule has 3 rings (SSSR count). The molecular weight excluding hydrogens is 208 g/mol. The lowest BCUT2D eigenvalue weighted by atomic mass is 10.1. The number of anilines is 1. The molecule has 0 aliphatic heterocycles. The number of hydrogen-bond acceptors (Lipinski definition) is 2. The molecular formula is C15H18N2. The summed E-state index contributed by atoms with van der Waals surface area (Å²) in [5.74, 6) is 0.863. The zero-order valence-electron chi connectivity index (χ0n) is 10.0. The third kappa shape index (κ3) is 2.26. The van der Waals surface area contributed by atoms with Crippen molar-refractivity contribution in [3.8, 4) is 0 Å². The molecule has 1 saturated carbocycles. The second-order valence-corrected chi connectivity index (χ2v) is 4.91. The molecule has 0 amide bonds. The standard InChI is InChI=1S/C15H18N2/c1-2-6-12(5-1)11-17-15-9-3-8-14-13(15)7-4-10-16-14/h3-4,7-10,12,17H,1-2,5-6,11H2. The van der Waals surface area contributed by atoms with Crippen molar-refractivity contribution in [1.29, 1.82) is 0 Å². The minimum atomic E-state index is 0.863. The summed E-state index contributed by atoms with van der Waals surface area (Å²) < 4.78 is 0. The smallest absolute Gasteiger partial charge is 0.0722 e. The number of nitrogens with one attached hydrogen (secondary N) is 1. The van der Waals surface area contributed by atoms with Gasteiger partial charge in [0.15, 0.2) is 0 Å². The number of pyridine rings is 1. The van der Waals surface area contributed by atoms with E-state index in [4.69, 9.17) is 0 Å². The average Bonchev–Trinajstić information content (AvgIpc) is 2.89. The second-order valence-electron chi connectivity index (χ2n) is 4.91. The van der Waals surface area contributed by atoms with E-state index in [2.05, 4.69) is 34.6 Å². The van der Waals surface area contributed by atoms with Gasteiger partial charge in [0.25, 0.3) is 0 Å². The Bertz CT molecular complexity index is 496. The van der Waals surface area contributed by atoms with E-state index >= 15 is 0 Å². The highest BCUT2D eigenvalue weighted by Gasteiger charge is 2.14. The summed E-state index contributed by atoms with van der Waals surface area (Å²) in [5, 5.41) is 4.82. The lowest BCUT2D eigenvalue weighted by Crippen LogP contribution is -2.11. The fourth-order valence-electron chi connectivity index (χ4n) is 2.73. The van der Waals surface area contributed by atoms with Gasteiger partial charge < -0.3 is 5.32 Å². The largest absolute Gasteiger partial charge is 0.384 e. The molecule has 0 unspecified atom stereocenters. The number of rotatable bonds is 3. The van der Waals surface area contributed by atoms with Crippen molar-refractivity contribution in [1.82, 2.24) is 4.98 Å². The van der Waals surface area contributed by atoms with Gasteiger partial charge in [-0.2, -0.15) is 0 Å². The summed E-state index contributed by atoms with van der Waals surface area (Å²) in [6.07, 6.45) is 7.43. The lowest BCUT2D eigenvalue weighted by molar-refractivity contribution is 0.580. The molecule has 0 spiro atoms. The first-order chi connectivity index (χ1) is 8.43. The predicted molar refractivity (Wildman–Crippen MR) is 72.2 cm³/mol. The maximum atomic E-state index is 4.38. The van der Waals surface area contributed by atoms with Crippen LogP contribution < -0.4 is 5.32 Å². The number of benzene rings is 1. The number of aromatic nitrogens is 1. The maximum Gasteiger partial charge on any atom is 0.0722 e. The first-order valence-electron chi connectivity index (χ1n) is 6.51. The van der Waals surface area contributed by atoms with Gasteiger partial charge in [-0.1, -0.05) is 18.9 Å². The summed E-state index contributed by atoms with van der Waals surface area (Å²) in [6, 6.07) is 10.4. The first kappa shape index (κ1) is 10.6. The molecule has 1 fully saturated rings. The Kier molecular flexibility index (Phi) is 2.95. The van der Waals surface area contributed by atoms with E-state index in [0.29, 0.717) is 0 Å². The molecule has 17 heavy (non-hydrogen) atoms. The van der Waals surface area contributed by atoms with E-state index in [9.17, 15) is 0 Å². The Morgan fingerprint density at radius 3 is 2.88 bits per heavy atom. The van der Waals surface area contributed by atoms with E-state index in [-0.39, 0.29) is 0 Å². The highest BCUT2D eigenvalue weighted by Crippen LogP contribution is 2.26. The van der Waals surface area contributed by atoms with Crippen molar-refractivity contribution in [2.45, 2.75) is 25.7 Å². The SMILES string of the molecule is c1cc(NCC2CCCC2)c2cccnc2c1. The Morgan fingerprint density at radius 1 is 1.12 bits per heavy atom. The molecule has 1 aromatic heterocycles. The van der Waals surface area contributed by atoms with Crippen LogP contribution >= 0.6 is 0 Å². The molecule has 1 N–H and O–H groups in total. The lowest BCUT2D eigenvalue weighted by Gasteiger charge is -2.13. The predicted octanol–water partition coefficient (Wildman–Crippen LogP) is 3.84. The van der Waals surface area contributed by atoms with Gasteiger partial charge in [-0.25, -0.2) is 0 Å². The van der Waals surface area contributed by atoms with Crippen LogP contribution in [0, 0.1) is 5.92 Å². The Labute approximate surface area is 102 Å². The summed E-state index contributed by atoms with van der Waals surface area (Å²) >= 11 is 0. The molecule has 0 atom stereocenters. The van der Waals surface area contributed by atoms with Gasteiger partial charge >= 0.3 is 0 Å². The van der Waals surface area contributed by atoms with E-state index in [1.807, 2.05) is 12.3 Å². The van der Waals surface area contributed by atoms with Gasteiger partial charge in [0, 0.05) is 23.8 Å². The quantitative estimate of drug-likeness (QED) is 0.860. The normalized spacial score (nSPS) is 16.5. The van der Waals surface area contributed by atoms with Crippen molar-refractivity contribution in [2.24, 2.45) is 5.92 Å². The monoisotopic (exact) mass is 226 g/mol. The van der Waals surface area contributed by atoms with Gasteiger partial charge in [0.2, 0.25) is 0 Å². The van der Waals surface area contributed by atoms with Crippen LogP contribution in [0.1, 0.15) is 25.7 Å². The summed E-state index contributed by atoms with van der Waals surface area (Å²) in [4.78, 5) is 4.38. The number of nitrogens with zero attached hydrogens (tertiary/aromatic N) is 1. The number of fused-ring (bicyclic) bond motifs is 1. The Hall–Kier alpha value is -1.57. The molecule has 2 heteroatoms. The molecule has 0 saturated heterocycles. The molecule has 1 aromatic carbocycles. The Balaban J connectivity index is 1.79. The molecule has 1 aliphatic carbocycles. The average molecular weight is 226 g/mol. The van der Waals surface area contributed by atoms with Gasteiger partial charge in [-0.05, 0) is 43.0 Å². The molecule has 2 aromatic rings. The molecule has 0 bridgehead atoms. The third-order valence-corrected chi connectivity index (χ3v) is 3.70. The fourth-order valence-corrected chi connectivity index (χ4v) is 2.73. The van der Waals surface area contributed by atoms with Crippen molar-refractivity contribution in [2.75, 3.05) is 11.9 Å². The van der Waals surface area contributed by atoms with E-state index in [0.717, 1.165) is 18.0 Å². The highest BCUT2D eigenvalue weighted by molar-refractivity contribution is 5.91. The van der Waals surface area contributed by atoms with Gasteiger partial charge in [0.1, 0.15) is 0 Å². The zero-order valence-corrected chi connectivity index (χ0v) is 10.0. The Morgan fingerprint density at radius 2 is 2.00 bits per heavy atom. The highest BCUT2D eigenvalue weighted by atomic mass is 14.9. The molecule has 0 radical (unpaired) electrons. The first-order valence-corrected chi connectivity index (χ1v) is 6.51. The van der Waals surface area contributed by atoms with Crippen LogP contribution in [0.15, 0.2) is 36.5 Å². The minimum absolute atomic E-state index is 0.863. The fraction of sp³-hybridized carbons (Fsp3) is 0.400. The molecule has 2 nitrogen and oxygen atoms in total. The van der Waals surface area contributed by atoms with E-state index < -0.39 is 0 Å². The van der Waals surface area contributed by atoms with Crippen LogP contribution in [0.4, 0.5) is 5.69 Å². The van der Waals surface area contributed by atoms with Crippen LogP contribution in [0.5, 0.6) is 0 Å². The van der Waals surface area contributed by atoms with E-state index in [1.54, 1.807) is 0 Å². The van der Waals surface area contributed by atoms with Crippen molar-refractivity contribution in [3.63, 3.8) is 0 Å².